The lowest BCUT2D eigenvalue weighted by Crippen LogP contribution is -2.01. The van der Waals surface area contributed by atoms with E-state index in [2.05, 4.69) is 44.5 Å². The van der Waals surface area contributed by atoms with Crippen LogP contribution in [0.5, 0.6) is 0 Å². The highest BCUT2D eigenvalue weighted by molar-refractivity contribution is 8.45. The van der Waals surface area contributed by atoms with Crippen molar-refractivity contribution in [1.29, 1.82) is 0 Å². The zero-order valence-electron chi connectivity index (χ0n) is 2.62. The molecular formula is H3NOS4. The quantitative estimate of drug-likeness (QED) is 0.289. The standard InChI is InChI=1S/H3NOS4/c3-2-1-6(4)5/h3,6H,(H,1,4,5). The fourth-order valence-corrected chi connectivity index (χ4v) is 0.900. The summed E-state index contributed by atoms with van der Waals surface area (Å²) in [6.45, 7) is 0. The fraction of sp³-hybridized carbons (Fsp3) is 0. The first kappa shape index (κ1) is 7.06. The van der Waals surface area contributed by atoms with Crippen LogP contribution in [-0.2, 0) is 34.9 Å². The zero-order chi connectivity index (χ0) is 4.99. The van der Waals surface area contributed by atoms with Gasteiger partial charge in [-0.2, -0.15) is 0 Å². The summed E-state index contributed by atoms with van der Waals surface area (Å²) in [4.78, 5) is 2.27. The van der Waals surface area contributed by atoms with Crippen LogP contribution in [0.3, 0.4) is 0 Å². The molecule has 0 heterocycles. The van der Waals surface area contributed by atoms with Crippen LogP contribution in [-0.4, -0.2) is 0 Å². The Kier molecular flexibility index (Phi) is 4.97. The first-order valence-corrected chi connectivity index (χ1v) is 4.71. The Morgan fingerprint density at radius 3 is 2.17 bits per heavy atom. The summed E-state index contributed by atoms with van der Waals surface area (Å²) < 4.78 is 4.07. The van der Waals surface area contributed by atoms with Crippen LogP contribution in [0.15, 0.2) is 0 Å². The van der Waals surface area contributed by atoms with E-state index in [1.54, 1.807) is 0 Å². The van der Waals surface area contributed by atoms with Gasteiger partial charge in [-0.25, -0.2) is 4.28 Å². The number of thiol groups is 2. The molecule has 0 aliphatic rings. The van der Waals surface area contributed by atoms with Crippen molar-refractivity contribution in [3.63, 3.8) is 0 Å². The maximum absolute atomic E-state index is 4.47. The van der Waals surface area contributed by atoms with Crippen molar-refractivity contribution in [2.24, 2.45) is 0 Å². The Hall–Kier alpha value is 1.06. The van der Waals surface area contributed by atoms with Gasteiger partial charge >= 0.3 is 0 Å². The SMILES string of the molecule is S=[SH](=S)NOS. The molecular weight excluding hydrogens is 158 g/mol. The van der Waals surface area contributed by atoms with Gasteiger partial charge in [-0.15, -0.1) is 4.89 Å². The minimum Gasteiger partial charge on any atom is -0.224 e. The van der Waals surface area contributed by atoms with Crippen molar-refractivity contribution in [2.45, 2.75) is 0 Å². The molecule has 1 N–H and O–H groups in total. The zero-order valence-corrected chi connectivity index (χ0v) is 6.04. The van der Waals surface area contributed by atoms with E-state index in [9.17, 15) is 0 Å². The van der Waals surface area contributed by atoms with Crippen LogP contribution >= 0.6 is 12.9 Å². The molecule has 0 amide bonds. The van der Waals surface area contributed by atoms with E-state index in [1.807, 2.05) is 0 Å². The maximum Gasteiger partial charge on any atom is 0.000180 e. The van der Waals surface area contributed by atoms with Gasteiger partial charge in [-0.05, 0) is 30.6 Å². The highest BCUT2D eigenvalue weighted by atomic mass is 33.1. The molecule has 2 nitrogen and oxygen atoms in total. The van der Waals surface area contributed by atoms with Crippen LogP contribution in [0, 0.1) is 0 Å². The van der Waals surface area contributed by atoms with Gasteiger partial charge in [0, 0.05) is 12.9 Å². The van der Waals surface area contributed by atoms with Crippen LogP contribution in [0.25, 0.3) is 0 Å². The molecule has 0 spiro atoms. The van der Waals surface area contributed by atoms with Gasteiger partial charge in [0.2, 0.25) is 0 Å². The van der Waals surface area contributed by atoms with Crippen molar-refractivity contribution in [3.8, 4) is 0 Å². The minimum atomic E-state index is -0.983. The van der Waals surface area contributed by atoms with Crippen molar-refractivity contribution in [1.82, 2.24) is 4.89 Å². The Bertz CT molecular complexity index is 75.5. The van der Waals surface area contributed by atoms with Crippen molar-refractivity contribution in [3.05, 3.63) is 0 Å². The van der Waals surface area contributed by atoms with Gasteiger partial charge in [0.15, 0.2) is 0 Å². The lowest BCUT2D eigenvalue weighted by atomic mass is 13.5. The topological polar surface area (TPSA) is 21.3 Å². The highest BCUT2D eigenvalue weighted by Gasteiger charge is 1.63. The van der Waals surface area contributed by atoms with Gasteiger partial charge in [-0.3, -0.25) is 0 Å². The van der Waals surface area contributed by atoms with E-state index >= 15 is 0 Å². The number of hydrogen-bond acceptors (Lipinski definition) is 4. The van der Waals surface area contributed by atoms with Crippen LogP contribution in [0.1, 0.15) is 0 Å². The van der Waals surface area contributed by atoms with Crippen LogP contribution in [0.4, 0.5) is 0 Å². The molecule has 6 heteroatoms. The second kappa shape index (κ2) is 4.23. The summed E-state index contributed by atoms with van der Waals surface area (Å²) >= 11 is 12.3. The molecule has 0 rings (SSSR count). The molecule has 0 saturated carbocycles. The summed E-state index contributed by atoms with van der Waals surface area (Å²) in [5, 5.41) is 0. The van der Waals surface area contributed by atoms with Crippen LogP contribution < -0.4 is 4.89 Å². The Morgan fingerprint density at radius 2 is 2.17 bits per heavy atom. The van der Waals surface area contributed by atoms with E-state index in [4.69, 9.17) is 0 Å². The second-order valence-corrected chi connectivity index (χ2v) is 4.20. The van der Waals surface area contributed by atoms with Gasteiger partial charge < -0.3 is 0 Å². The number of hydrogen-bond donors (Lipinski definition) is 3. The predicted molar refractivity (Wildman–Crippen MR) is 36.7 cm³/mol. The molecule has 0 bridgehead atoms. The van der Waals surface area contributed by atoms with Crippen molar-refractivity contribution >= 4 is 43.5 Å². The van der Waals surface area contributed by atoms with E-state index in [0.717, 1.165) is 0 Å². The van der Waals surface area contributed by atoms with E-state index < -0.39 is 8.20 Å². The summed E-state index contributed by atoms with van der Waals surface area (Å²) in [5.74, 6) is 0. The molecule has 0 atom stereocenters. The molecule has 0 aromatic rings. The highest BCUT2D eigenvalue weighted by Crippen LogP contribution is 1.65. The monoisotopic (exact) mass is 161 g/mol. The molecule has 0 aromatic carbocycles. The molecule has 38 valence electrons. The molecule has 0 fully saturated rings. The lowest BCUT2D eigenvalue weighted by Gasteiger charge is -1.84. The molecule has 0 saturated heterocycles. The average Bonchev–Trinajstić information content (AvgIpc) is 1.35. The molecule has 0 aromatic heterocycles. The second-order valence-electron chi connectivity index (χ2n) is 0.440. The molecule has 0 radical (unpaired) electrons. The Morgan fingerprint density at radius 1 is 1.67 bits per heavy atom. The largest absolute Gasteiger partial charge is 0.224 e. The first-order chi connectivity index (χ1) is 2.77. The summed E-state index contributed by atoms with van der Waals surface area (Å²) in [5.41, 5.74) is 0. The summed E-state index contributed by atoms with van der Waals surface area (Å²) in [6, 6.07) is 0. The van der Waals surface area contributed by atoms with Crippen molar-refractivity contribution < 1.29 is 4.28 Å². The molecule has 0 aliphatic carbocycles. The normalized spacial score (nSPS) is 9.67. The summed E-state index contributed by atoms with van der Waals surface area (Å²) in [7, 11) is -0.983. The molecule has 0 unspecified atom stereocenters. The summed E-state index contributed by atoms with van der Waals surface area (Å²) in [6.07, 6.45) is 0. The minimum absolute atomic E-state index is 0.983. The third kappa shape index (κ3) is 5.06. The van der Waals surface area contributed by atoms with Gasteiger partial charge in [-0.1, -0.05) is 0 Å². The third-order valence-corrected chi connectivity index (χ3v) is 1.04. The van der Waals surface area contributed by atoms with Gasteiger partial charge in [0.05, 0.1) is 0 Å². The van der Waals surface area contributed by atoms with Gasteiger partial charge in [0.1, 0.15) is 0 Å². The van der Waals surface area contributed by atoms with E-state index in [1.165, 1.54) is 0 Å². The van der Waals surface area contributed by atoms with E-state index in [0.29, 0.717) is 0 Å². The molecule has 6 heavy (non-hydrogen) atoms. The Labute approximate surface area is 52.8 Å². The van der Waals surface area contributed by atoms with Gasteiger partial charge in [0.25, 0.3) is 0 Å². The third-order valence-electron chi connectivity index (χ3n) is 0.115. The first-order valence-electron chi connectivity index (χ1n) is 0.975. The average molecular weight is 161 g/mol. The van der Waals surface area contributed by atoms with Crippen molar-refractivity contribution in [2.75, 3.05) is 0 Å². The van der Waals surface area contributed by atoms with Crippen LogP contribution in [0.2, 0.25) is 0 Å². The van der Waals surface area contributed by atoms with E-state index in [-0.39, 0.29) is 0 Å². The lowest BCUT2D eigenvalue weighted by molar-refractivity contribution is 0.351. The fourth-order valence-electron chi connectivity index (χ4n) is 0.0333. The number of rotatable bonds is 2. The molecule has 0 aliphatic heterocycles. The maximum atomic E-state index is 4.47. The smallest absolute Gasteiger partial charge is 0.000180 e. The number of nitrogens with one attached hydrogen (secondary N) is 1. The predicted octanol–water partition coefficient (Wildman–Crippen LogP) is -0.458. The Balaban J connectivity index is 3.07.